The molecule has 23 heavy (non-hydrogen) atoms. The predicted molar refractivity (Wildman–Crippen MR) is 92.4 cm³/mol. The van der Waals surface area contributed by atoms with E-state index in [0.717, 1.165) is 21.9 Å². The van der Waals surface area contributed by atoms with Gasteiger partial charge in [0, 0.05) is 11.3 Å². The van der Waals surface area contributed by atoms with Crippen LogP contribution >= 0.6 is 11.8 Å². The number of amides is 1. The largest absolute Gasteiger partial charge is 0.271 e. The molecule has 0 aromatic rings. The summed E-state index contributed by atoms with van der Waals surface area (Å²) in [5, 5.41) is 0.762. The molecule has 1 saturated carbocycles. The van der Waals surface area contributed by atoms with E-state index in [9.17, 15) is 13.2 Å². The normalized spacial score (nSPS) is 30.6. The summed E-state index contributed by atoms with van der Waals surface area (Å²) in [5.74, 6) is 0.919. The van der Waals surface area contributed by atoms with E-state index in [-0.39, 0.29) is 23.3 Å². The number of hydrogen-bond acceptors (Lipinski definition) is 5. The Balaban J connectivity index is 1.54. The lowest BCUT2D eigenvalue weighted by atomic mass is 9.86. The van der Waals surface area contributed by atoms with Gasteiger partial charge in [0.05, 0.1) is 16.5 Å². The van der Waals surface area contributed by atoms with Crippen LogP contribution in [0.3, 0.4) is 0 Å². The van der Waals surface area contributed by atoms with Gasteiger partial charge in [-0.25, -0.2) is 13.4 Å². The second-order valence-corrected chi connectivity index (χ2v) is 10.1. The minimum atomic E-state index is -3.02. The lowest BCUT2D eigenvalue weighted by molar-refractivity contribution is -0.118. The average molecular weight is 352 g/mol. The van der Waals surface area contributed by atoms with Crippen molar-refractivity contribution in [2.45, 2.75) is 44.9 Å². The molecule has 0 aromatic carbocycles. The van der Waals surface area contributed by atoms with Crippen LogP contribution in [0.4, 0.5) is 0 Å². The standard InChI is InChI=1S/C16H20N2O3S2/c19-15-14-11-6-7-23(20,21)9-12(11)22-16(14)18-13(17-15)8-10-4-2-1-3-5-10/h10,14H,1-9H2. The maximum absolute atomic E-state index is 12.5. The number of carbonyl (C=O) groups excluding carboxylic acids is 1. The van der Waals surface area contributed by atoms with Crippen LogP contribution in [0.25, 0.3) is 0 Å². The number of amidine groups is 1. The average Bonchev–Trinajstić information content (AvgIpc) is 2.84. The Hall–Kier alpha value is -0.950. The fourth-order valence-electron chi connectivity index (χ4n) is 3.93. The molecule has 5 nitrogen and oxygen atoms in total. The third-order valence-corrected chi connectivity index (χ3v) is 8.06. The molecule has 0 radical (unpaired) electrons. The highest BCUT2D eigenvalue weighted by molar-refractivity contribution is 8.18. The van der Waals surface area contributed by atoms with Gasteiger partial charge in [0.1, 0.15) is 11.8 Å². The van der Waals surface area contributed by atoms with Gasteiger partial charge in [-0.05, 0) is 17.9 Å². The van der Waals surface area contributed by atoms with Crippen LogP contribution in [0.5, 0.6) is 0 Å². The summed E-state index contributed by atoms with van der Waals surface area (Å²) < 4.78 is 23.6. The van der Waals surface area contributed by atoms with Gasteiger partial charge in [0.2, 0.25) is 0 Å². The van der Waals surface area contributed by atoms with E-state index in [2.05, 4.69) is 9.98 Å². The predicted octanol–water partition coefficient (Wildman–Crippen LogP) is 2.73. The monoisotopic (exact) mass is 352 g/mol. The fourth-order valence-corrected chi connectivity index (χ4v) is 7.08. The highest BCUT2D eigenvalue weighted by atomic mass is 32.2. The van der Waals surface area contributed by atoms with E-state index in [4.69, 9.17) is 0 Å². The summed E-state index contributed by atoms with van der Waals surface area (Å²) in [4.78, 5) is 22.2. The van der Waals surface area contributed by atoms with Crippen molar-refractivity contribution in [1.29, 1.82) is 0 Å². The van der Waals surface area contributed by atoms with Crippen molar-refractivity contribution in [2.75, 3.05) is 11.5 Å². The highest BCUT2D eigenvalue weighted by Gasteiger charge is 2.43. The SMILES string of the molecule is O=C1N=C(CC2CCCCC2)N=C2SC3=C(CCS(=O)(=O)C3)C12. The maximum Gasteiger partial charge on any atom is 0.261 e. The Kier molecular flexibility index (Phi) is 3.96. The zero-order valence-corrected chi connectivity index (χ0v) is 14.6. The Morgan fingerprint density at radius 1 is 1.13 bits per heavy atom. The maximum atomic E-state index is 12.5. The lowest BCUT2D eigenvalue weighted by Gasteiger charge is -2.23. The summed E-state index contributed by atoms with van der Waals surface area (Å²) in [6.45, 7) is 0. The molecule has 1 fully saturated rings. The smallest absolute Gasteiger partial charge is 0.261 e. The first-order valence-corrected chi connectivity index (χ1v) is 11.0. The van der Waals surface area contributed by atoms with Gasteiger partial charge in [-0.1, -0.05) is 43.9 Å². The molecule has 0 aromatic heterocycles. The minimum absolute atomic E-state index is 0.0633. The Labute approximate surface area is 140 Å². The molecular weight excluding hydrogens is 332 g/mol. The molecule has 7 heteroatoms. The molecule has 124 valence electrons. The number of hydrogen-bond donors (Lipinski definition) is 0. The second-order valence-electron chi connectivity index (χ2n) is 6.85. The molecule has 0 saturated heterocycles. The minimum Gasteiger partial charge on any atom is -0.271 e. The second kappa shape index (κ2) is 5.84. The Bertz CT molecular complexity index is 743. The van der Waals surface area contributed by atoms with Crippen molar-refractivity contribution >= 4 is 38.4 Å². The lowest BCUT2D eigenvalue weighted by Crippen LogP contribution is -2.28. The number of fused-ring (bicyclic) bond motifs is 2. The fraction of sp³-hybridized carbons (Fsp3) is 0.688. The number of carbonyl (C=O) groups is 1. The van der Waals surface area contributed by atoms with Crippen molar-refractivity contribution in [1.82, 2.24) is 0 Å². The molecule has 1 aliphatic carbocycles. The summed E-state index contributed by atoms with van der Waals surface area (Å²) in [7, 11) is -3.02. The van der Waals surface area contributed by atoms with Crippen molar-refractivity contribution in [3.8, 4) is 0 Å². The summed E-state index contributed by atoms with van der Waals surface area (Å²) >= 11 is 1.40. The van der Waals surface area contributed by atoms with E-state index in [1.165, 1.54) is 43.9 Å². The zero-order valence-electron chi connectivity index (χ0n) is 13.0. The molecule has 4 rings (SSSR count). The van der Waals surface area contributed by atoms with Crippen LogP contribution in [0.1, 0.15) is 44.9 Å². The number of rotatable bonds is 2. The van der Waals surface area contributed by atoms with Gasteiger partial charge in [0.25, 0.3) is 5.91 Å². The van der Waals surface area contributed by atoms with E-state index >= 15 is 0 Å². The first-order chi connectivity index (χ1) is 11.0. The molecule has 1 atom stereocenters. The molecule has 3 aliphatic heterocycles. The number of sulfone groups is 1. The Morgan fingerprint density at radius 2 is 1.91 bits per heavy atom. The third-order valence-electron chi connectivity index (χ3n) is 5.14. The van der Waals surface area contributed by atoms with Crippen LogP contribution in [-0.2, 0) is 14.6 Å². The number of thioether (sulfide) groups is 1. The zero-order chi connectivity index (χ0) is 16.0. The quantitative estimate of drug-likeness (QED) is 0.766. The number of aliphatic imine (C=N–C) groups is 2. The molecule has 3 heterocycles. The highest BCUT2D eigenvalue weighted by Crippen LogP contribution is 2.45. The molecule has 0 N–H and O–H groups in total. The van der Waals surface area contributed by atoms with Crippen LogP contribution in [0.15, 0.2) is 20.5 Å². The van der Waals surface area contributed by atoms with Gasteiger partial charge >= 0.3 is 0 Å². The Morgan fingerprint density at radius 3 is 2.70 bits per heavy atom. The number of nitrogens with zero attached hydrogens (tertiary/aromatic N) is 2. The molecule has 0 bridgehead atoms. The summed E-state index contributed by atoms with van der Waals surface area (Å²) in [6.07, 6.45) is 7.45. The summed E-state index contributed by atoms with van der Waals surface area (Å²) in [6, 6.07) is 0. The third kappa shape index (κ3) is 3.05. The topological polar surface area (TPSA) is 75.9 Å². The first kappa shape index (κ1) is 15.6. The van der Waals surface area contributed by atoms with Gasteiger partial charge in [-0.3, -0.25) is 4.79 Å². The molecular formula is C16H20N2O3S2. The van der Waals surface area contributed by atoms with Crippen molar-refractivity contribution in [2.24, 2.45) is 21.8 Å². The van der Waals surface area contributed by atoms with Crippen molar-refractivity contribution in [3.05, 3.63) is 10.5 Å². The van der Waals surface area contributed by atoms with Crippen LogP contribution in [0.2, 0.25) is 0 Å². The van der Waals surface area contributed by atoms with E-state index < -0.39 is 9.84 Å². The molecule has 1 unspecified atom stereocenters. The molecule has 4 aliphatic rings. The summed E-state index contributed by atoms with van der Waals surface area (Å²) in [5.41, 5.74) is 0.953. The van der Waals surface area contributed by atoms with Crippen molar-refractivity contribution < 1.29 is 13.2 Å². The van der Waals surface area contributed by atoms with E-state index in [1.807, 2.05) is 0 Å². The van der Waals surface area contributed by atoms with Crippen molar-refractivity contribution in [3.63, 3.8) is 0 Å². The van der Waals surface area contributed by atoms with Crippen LogP contribution < -0.4 is 0 Å². The van der Waals surface area contributed by atoms with Crippen LogP contribution in [-0.4, -0.2) is 36.7 Å². The first-order valence-electron chi connectivity index (χ1n) is 8.32. The van der Waals surface area contributed by atoms with Crippen LogP contribution in [0, 0.1) is 11.8 Å². The van der Waals surface area contributed by atoms with E-state index in [0.29, 0.717) is 18.2 Å². The van der Waals surface area contributed by atoms with Gasteiger partial charge in [0.15, 0.2) is 9.84 Å². The van der Waals surface area contributed by atoms with Gasteiger partial charge in [-0.15, -0.1) is 0 Å². The van der Waals surface area contributed by atoms with Gasteiger partial charge in [-0.2, -0.15) is 4.99 Å². The molecule has 1 amide bonds. The van der Waals surface area contributed by atoms with Gasteiger partial charge < -0.3 is 0 Å². The van der Waals surface area contributed by atoms with E-state index in [1.54, 1.807) is 0 Å². The molecule has 0 spiro atoms.